The molecule has 0 aliphatic heterocycles. The van der Waals surface area contributed by atoms with Gasteiger partial charge in [0.25, 0.3) is 0 Å². The van der Waals surface area contributed by atoms with Gasteiger partial charge in [-0.05, 0) is 38.1 Å². The summed E-state index contributed by atoms with van der Waals surface area (Å²) in [5, 5.41) is 3.51. The summed E-state index contributed by atoms with van der Waals surface area (Å²) >= 11 is 1.33. The maximum Gasteiger partial charge on any atom is 0.243 e. The zero-order chi connectivity index (χ0) is 18.6. The second-order valence-electron chi connectivity index (χ2n) is 5.80. The average Bonchev–Trinajstić information content (AvgIpc) is 2.97. The van der Waals surface area contributed by atoms with Gasteiger partial charge in [-0.15, -0.1) is 0 Å². The summed E-state index contributed by atoms with van der Waals surface area (Å²) in [6.45, 7) is 3.62. The number of anilines is 1. The number of thioether (sulfide) groups is 1. The lowest BCUT2D eigenvalue weighted by molar-refractivity contribution is -0.113. The van der Waals surface area contributed by atoms with Crippen molar-refractivity contribution in [3.05, 3.63) is 36.7 Å². The minimum absolute atomic E-state index is 0.132. The predicted octanol–water partition coefficient (Wildman–Crippen LogP) is 2.18. The Bertz CT molecular complexity index is 829. The Morgan fingerprint density at radius 1 is 1.32 bits per heavy atom. The van der Waals surface area contributed by atoms with Gasteiger partial charge in [0.1, 0.15) is 0 Å². The molecule has 1 aromatic heterocycles. The zero-order valence-corrected chi connectivity index (χ0v) is 16.3. The molecule has 0 unspecified atom stereocenters. The van der Waals surface area contributed by atoms with Crippen molar-refractivity contribution in [2.75, 3.05) is 18.1 Å². The highest BCUT2D eigenvalue weighted by molar-refractivity contribution is 7.99. The van der Waals surface area contributed by atoms with Crippen molar-refractivity contribution in [3.8, 4) is 0 Å². The molecule has 0 aliphatic rings. The molecule has 0 radical (unpaired) electrons. The Hall–Kier alpha value is -1.84. The number of hydrogen-bond acceptors (Lipinski definition) is 5. The molecular weight excluding hydrogens is 360 g/mol. The van der Waals surface area contributed by atoms with Crippen molar-refractivity contribution < 1.29 is 13.2 Å². The number of amides is 1. The van der Waals surface area contributed by atoms with E-state index >= 15 is 0 Å². The maximum absolute atomic E-state index is 12.4. The number of rotatable bonds is 7. The first kappa shape index (κ1) is 19.5. The van der Waals surface area contributed by atoms with Crippen molar-refractivity contribution in [1.82, 2.24) is 13.9 Å². The van der Waals surface area contributed by atoms with Crippen LogP contribution in [-0.4, -0.2) is 47.0 Å². The third-order valence-electron chi connectivity index (χ3n) is 3.65. The van der Waals surface area contributed by atoms with Crippen molar-refractivity contribution in [2.45, 2.75) is 29.9 Å². The van der Waals surface area contributed by atoms with E-state index in [-0.39, 0.29) is 22.6 Å². The molecule has 0 saturated carbocycles. The minimum Gasteiger partial charge on any atom is -0.329 e. The number of carbonyl (C=O) groups excluding carboxylic acids is 1. The van der Waals surface area contributed by atoms with Crippen LogP contribution in [0.5, 0.6) is 0 Å². The highest BCUT2D eigenvalue weighted by Crippen LogP contribution is 2.20. The molecule has 0 aliphatic carbocycles. The van der Waals surface area contributed by atoms with Gasteiger partial charge in [-0.1, -0.05) is 11.8 Å². The third-order valence-corrected chi connectivity index (χ3v) is 6.76. The molecule has 1 amide bonds. The Morgan fingerprint density at radius 2 is 1.96 bits per heavy atom. The summed E-state index contributed by atoms with van der Waals surface area (Å²) in [5.74, 6) is 0.0453. The van der Waals surface area contributed by atoms with Crippen LogP contribution in [0.2, 0.25) is 0 Å². The van der Waals surface area contributed by atoms with Crippen LogP contribution in [0.25, 0.3) is 0 Å². The summed E-state index contributed by atoms with van der Waals surface area (Å²) in [6, 6.07) is 6.03. The SMILES string of the molecule is CC(C)N(C)S(=O)(=O)c1ccc(NC(=O)CSc2nccn2C)cc1. The van der Waals surface area contributed by atoms with E-state index in [1.165, 1.54) is 28.2 Å². The van der Waals surface area contributed by atoms with Gasteiger partial charge in [0.2, 0.25) is 15.9 Å². The Labute approximate surface area is 152 Å². The van der Waals surface area contributed by atoms with E-state index in [0.29, 0.717) is 5.69 Å². The first-order valence-corrected chi connectivity index (χ1v) is 10.1. The summed E-state index contributed by atoms with van der Waals surface area (Å²) in [6.07, 6.45) is 3.49. The van der Waals surface area contributed by atoms with Gasteiger partial charge in [-0.25, -0.2) is 13.4 Å². The minimum atomic E-state index is -3.52. The van der Waals surface area contributed by atoms with E-state index < -0.39 is 10.0 Å². The van der Waals surface area contributed by atoms with Gasteiger partial charge in [-0.2, -0.15) is 4.31 Å². The first-order chi connectivity index (χ1) is 11.7. The molecular formula is C16H22N4O3S2. The number of carbonyl (C=O) groups is 1. The summed E-state index contributed by atoms with van der Waals surface area (Å²) in [5.41, 5.74) is 0.552. The number of imidazole rings is 1. The van der Waals surface area contributed by atoms with Gasteiger partial charge >= 0.3 is 0 Å². The number of nitrogens with one attached hydrogen (secondary N) is 1. The fourth-order valence-corrected chi connectivity index (χ4v) is 4.07. The standard InChI is InChI=1S/C16H22N4O3S2/c1-12(2)20(4)25(22,23)14-7-5-13(6-8-14)18-15(21)11-24-16-17-9-10-19(16)3/h5-10,12H,11H2,1-4H3,(H,18,21). The quantitative estimate of drug-likeness (QED) is 0.742. The van der Waals surface area contributed by atoms with E-state index in [0.717, 1.165) is 5.16 Å². The second-order valence-corrected chi connectivity index (χ2v) is 8.74. The Kier molecular flexibility index (Phi) is 6.26. The van der Waals surface area contributed by atoms with Crippen LogP contribution in [-0.2, 0) is 21.9 Å². The fraction of sp³-hybridized carbons (Fsp3) is 0.375. The van der Waals surface area contributed by atoms with Crippen molar-refractivity contribution in [1.29, 1.82) is 0 Å². The molecule has 7 nitrogen and oxygen atoms in total. The van der Waals surface area contributed by atoms with Gasteiger partial charge < -0.3 is 9.88 Å². The Balaban J connectivity index is 1.98. The highest BCUT2D eigenvalue weighted by Gasteiger charge is 2.22. The van der Waals surface area contributed by atoms with E-state index in [1.807, 2.05) is 31.7 Å². The van der Waals surface area contributed by atoms with Crippen LogP contribution in [0.3, 0.4) is 0 Å². The number of nitrogens with zero attached hydrogens (tertiary/aromatic N) is 3. The largest absolute Gasteiger partial charge is 0.329 e. The van der Waals surface area contributed by atoms with Crippen LogP contribution >= 0.6 is 11.8 Å². The normalized spacial score (nSPS) is 11.9. The molecule has 0 atom stereocenters. The Morgan fingerprint density at radius 3 is 2.48 bits per heavy atom. The second kappa shape index (κ2) is 8.03. The average molecular weight is 383 g/mol. The van der Waals surface area contributed by atoms with E-state index in [1.54, 1.807) is 25.4 Å². The van der Waals surface area contributed by atoms with Crippen LogP contribution in [0.15, 0.2) is 46.7 Å². The lowest BCUT2D eigenvalue weighted by atomic mass is 10.3. The summed E-state index contributed by atoms with van der Waals surface area (Å²) in [4.78, 5) is 16.3. The molecule has 136 valence electrons. The zero-order valence-electron chi connectivity index (χ0n) is 14.6. The molecule has 0 spiro atoms. The lowest BCUT2D eigenvalue weighted by Crippen LogP contribution is -2.33. The van der Waals surface area contributed by atoms with Crippen molar-refractivity contribution in [3.63, 3.8) is 0 Å². The van der Waals surface area contributed by atoms with Crippen molar-refractivity contribution >= 4 is 33.4 Å². The van der Waals surface area contributed by atoms with Crippen LogP contribution in [0.1, 0.15) is 13.8 Å². The number of hydrogen-bond donors (Lipinski definition) is 1. The number of sulfonamides is 1. The summed E-state index contributed by atoms with van der Waals surface area (Å²) in [7, 11) is -0.115. The number of aryl methyl sites for hydroxylation is 1. The predicted molar refractivity (Wildman–Crippen MR) is 99.1 cm³/mol. The molecule has 0 saturated heterocycles. The van der Waals surface area contributed by atoms with E-state index in [9.17, 15) is 13.2 Å². The maximum atomic E-state index is 12.4. The lowest BCUT2D eigenvalue weighted by Gasteiger charge is -2.21. The monoisotopic (exact) mass is 382 g/mol. The summed E-state index contributed by atoms with van der Waals surface area (Å²) < 4.78 is 27.9. The van der Waals surface area contributed by atoms with Crippen molar-refractivity contribution in [2.24, 2.45) is 7.05 Å². The van der Waals surface area contributed by atoms with Gasteiger partial charge in [0, 0.05) is 38.2 Å². The van der Waals surface area contributed by atoms with Crippen LogP contribution in [0.4, 0.5) is 5.69 Å². The van der Waals surface area contributed by atoms with Crippen LogP contribution in [0, 0.1) is 0 Å². The van der Waals surface area contributed by atoms with Gasteiger partial charge in [0.15, 0.2) is 5.16 Å². The number of aromatic nitrogens is 2. The molecule has 25 heavy (non-hydrogen) atoms. The molecule has 1 heterocycles. The van der Waals surface area contributed by atoms with Gasteiger partial charge in [-0.3, -0.25) is 4.79 Å². The van der Waals surface area contributed by atoms with Gasteiger partial charge in [0.05, 0.1) is 10.6 Å². The molecule has 1 aromatic carbocycles. The number of benzene rings is 1. The molecule has 2 aromatic rings. The van der Waals surface area contributed by atoms with E-state index in [2.05, 4.69) is 10.3 Å². The first-order valence-electron chi connectivity index (χ1n) is 7.70. The van der Waals surface area contributed by atoms with E-state index in [4.69, 9.17) is 0 Å². The fourth-order valence-electron chi connectivity index (χ4n) is 1.97. The highest BCUT2D eigenvalue weighted by atomic mass is 32.2. The molecule has 1 N–H and O–H groups in total. The smallest absolute Gasteiger partial charge is 0.243 e. The molecule has 9 heteroatoms. The van der Waals surface area contributed by atoms with Crippen LogP contribution < -0.4 is 5.32 Å². The third kappa shape index (κ3) is 4.83. The molecule has 0 fully saturated rings. The topological polar surface area (TPSA) is 84.3 Å². The molecule has 2 rings (SSSR count). The molecule has 0 bridgehead atoms.